The summed E-state index contributed by atoms with van der Waals surface area (Å²) < 4.78 is 5.75. The number of hydrogen-bond donors (Lipinski definition) is 0. The Morgan fingerprint density at radius 3 is 2.59 bits per heavy atom. The fourth-order valence-corrected chi connectivity index (χ4v) is 4.26. The maximum absolute atomic E-state index is 12.1. The predicted molar refractivity (Wildman–Crippen MR) is 84.8 cm³/mol. The van der Waals surface area contributed by atoms with Crippen molar-refractivity contribution in [3.63, 3.8) is 0 Å². The van der Waals surface area contributed by atoms with Crippen LogP contribution in [0.3, 0.4) is 0 Å². The van der Waals surface area contributed by atoms with Crippen molar-refractivity contribution in [2.24, 2.45) is 5.92 Å². The smallest absolute Gasteiger partial charge is 0.304 e. The summed E-state index contributed by atoms with van der Waals surface area (Å²) in [6, 6.07) is 0.115. The molecule has 4 unspecified atom stereocenters. The number of ether oxygens (including phenoxy) is 1. The molecule has 1 saturated heterocycles. The molecule has 120 valence electrons. The maximum atomic E-state index is 12.1. The molecule has 2 rings (SSSR count). The molecule has 1 saturated carbocycles. The molecule has 2 aliphatic rings. The number of rotatable bonds is 1. The number of hydrogen-bond acceptors (Lipinski definition) is 3. The van der Waals surface area contributed by atoms with Crippen LogP contribution >= 0.6 is 0 Å². The van der Waals surface area contributed by atoms with Crippen molar-refractivity contribution >= 4 is 11.9 Å². The summed E-state index contributed by atoms with van der Waals surface area (Å²) in [6.07, 6.45) is 6.16. The van der Waals surface area contributed by atoms with Gasteiger partial charge in [0.1, 0.15) is 0 Å². The lowest BCUT2D eigenvalue weighted by molar-refractivity contribution is -0.175. The first-order chi connectivity index (χ1) is 10.4. The van der Waals surface area contributed by atoms with Crippen LogP contribution in [0, 0.1) is 17.8 Å². The van der Waals surface area contributed by atoms with Crippen LogP contribution in [-0.4, -0.2) is 34.5 Å². The Kier molecular flexibility index (Phi) is 4.95. The highest BCUT2D eigenvalue weighted by atomic mass is 16.6. The van der Waals surface area contributed by atoms with Gasteiger partial charge in [-0.3, -0.25) is 9.59 Å². The molecule has 1 amide bonds. The minimum Gasteiger partial charge on any atom is -0.446 e. The average molecular weight is 303 g/mol. The zero-order valence-electron chi connectivity index (χ0n) is 13.7. The average Bonchev–Trinajstić information content (AvgIpc) is 2.44. The fourth-order valence-electron chi connectivity index (χ4n) is 4.26. The normalized spacial score (nSPS) is 34.0. The van der Waals surface area contributed by atoms with Crippen molar-refractivity contribution in [2.75, 3.05) is 0 Å². The lowest BCUT2D eigenvalue weighted by Gasteiger charge is -2.54. The van der Waals surface area contributed by atoms with E-state index in [1.54, 1.807) is 6.92 Å². The minimum absolute atomic E-state index is 0.00955. The number of likely N-dealkylation sites (tertiary alicyclic amines) is 1. The van der Waals surface area contributed by atoms with Crippen LogP contribution in [0.2, 0.25) is 0 Å². The van der Waals surface area contributed by atoms with Gasteiger partial charge in [0.2, 0.25) is 5.91 Å². The highest BCUT2D eigenvalue weighted by molar-refractivity contribution is 5.74. The van der Waals surface area contributed by atoms with Crippen LogP contribution in [-0.2, 0) is 14.3 Å². The molecule has 0 aromatic carbocycles. The number of carbonyl (C=O) groups excluding carboxylic acids is 2. The van der Waals surface area contributed by atoms with Crippen LogP contribution < -0.4 is 0 Å². The van der Waals surface area contributed by atoms with E-state index in [0.717, 1.165) is 25.7 Å². The first-order valence-corrected chi connectivity index (χ1v) is 8.03. The molecule has 22 heavy (non-hydrogen) atoms. The van der Waals surface area contributed by atoms with Gasteiger partial charge < -0.3 is 9.64 Å². The topological polar surface area (TPSA) is 46.6 Å². The van der Waals surface area contributed by atoms with Crippen molar-refractivity contribution in [3.8, 4) is 11.8 Å². The Hall–Kier alpha value is -1.76. The third kappa shape index (κ3) is 3.04. The zero-order chi connectivity index (χ0) is 16.3. The summed E-state index contributed by atoms with van der Waals surface area (Å²) in [5, 5.41) is 0. The highest BCUT2D eigenvalue weighted by Gasteiger charge is 2.54. The van der Waals surface area contributed by atoms with E-state index in [0.29, 0.717) is 6.42 Å². The summed E-state index contributed by atoms with van der Waals surface area (Å²) in [5.74, 6) is 5.91. The molecule has 1 aliphatic heterocycles. The van der Waals surface area contributed by atoms with E-state index in [2.05, 4.69) is 18.4 Å². The van der Waals surface area contributed by atoms with Crippen LogP contribution in [0.5, 0.6) is 0 Å². The zero-order valence-corrected chi connectivity index (χ0v) is 13.7. The molecule has 0 aromatic rings. The third-order valence-corrected chi connectivity index (χ3v) is 4.83. The van der Waals surface area contributed by atoms with Crippen LogP contribution in [0.15, 0.2) is 12.7 Å². The Balaban J connectivity index is 2.46. The first kappa shape index (κ1) is 16.6. The van der Waals surface area contributed by atoms with Gasteiger partial charge in [-0.25, -0.2) is 0 Å². The van der Waals surface area contributed by atoms with E-state index in [1.807, 2.05) is 11.8 Å². The van der Waals surface area contributed by atoms with Crippen LogP contribution in [0.1, 0.15) is 52.9 Å². The van der Waals surface area contributed by atoms with E-state index in [-0.39, 0.29) is 29.9 Å². The number of piperidine rings is 1. The molecule has 2 fully saturated rings. The molecule has 1 aliphatic carbocycles. The van der Waals surface area contributed by atoms with Gasteiger partial charge in [0.25, 0.3) is 0 Å². The number of esters is 1. The van der Waals surface area contributed by atoms with Gasteiger partial charge in [0.15, 0.2) is 5.60 Å². The van der Waals surface area contributed by atoms with Crippen LogP contribution in [0.4, 0.5) is 0 Å². The fraction of sp³-hybridized carbons (Fsp3) is 0.667. The summed E-state index contributed by atoms with van der Waals surface area (Å²) in [5.41, 5.74) is -0.795. The molecule has 4 nitrogen and oxygen atoms in total. The Morgan fingerprint density at radius 1 is 1.32 bits per heavy atom. The predicted octanol–water partition coefficient (Wildman–Crippen LogP) is 2.68. The lowest BCUT2D eigenvalue weighted by atomic mass is 9.67. The van der Waals surface area contributed by atoms with Gasteiger partial charge in [-0.2, -0.15) is 0 Å². The summed E-state index contributed by atoms with van der Waals surface area (Å²) >= 11 is 0. The molecular formula is C18H25NO3. The SMILES string of the molecule is C=CC#CC1(OC(C)=O)CC(C)N(C(C)=O)C2CCCCC21. The molecule has 4 atom stereocenters. The van der Waals surface area contributed by atoms with E-state index in [4.69, 9.17) is 4.74 Å². The second-order valence-corrected chi connectivity index (χ2v) is 6.39. The molecule has 0 spiro atoms. The number of nitrogens with zero attached hydrogens (tertiary/aromatic N) is 1. The van der Waals surface area contributed by atoms with Crippen molar-refractivity contribution in [3.05, 3.63) is 12.7 Å². The molecule has 1 heterocycles. The molecular weight excluding hydrogens is 278 g/mol. The van der Waals surface area contributed by atoms with Crippen LogP contribution in [0.25, 0.3) is 0 Å². The second kappa shape index (κ2) is 6.56. The standard InChI is InChI=1S/C18H25NO3/c1-5-6-11-18(22-15(4)21)12-13(2)19(14(3)20)17-10-8-7-9-16(17)18/h5,13,16-17H,1,7-10,12H2,2-4H3. The molecule has 0 N–H and O–H groups in total. The number of carbonyl (C=O) groups is 2. The van der Waals surface area contributed by atoms with E-state index >= 15 is 0 Å². The van der Waals surface area contributed by atoms with Gasteiger partial charge in [0, 0.05) is 38.3 Å². The Bertz CT molecular complexity index is 530. The molecule has 4 heteroatoms. The largest absolute Gasteiger partial charge is 0.446 e. The molecule has 0 aromatic heterocycles. The number of allylic oxidation sites excluding steroid dienone is 1. The summed E-state index contributed by atoms with van der Waals surface area (Å²) in [7, 11) is 0. The van der Waals surface area contributed by atoms with Crippen molar-refractivity contribution in [1.29, 1.82) is 0 Å². The Morgan fingerprint density at radius 2 is 2.00 bits per heavy atom. The molecule has 0 radical (unpaired) electrons. The summed E-state index contributed by atoms with van der Waals surface area (Å²) in [4.78, 5) is 25.7. The molecule has 0 bridgehead atoms. The first-order valence-electron chi connectivity index (χ1n) is 8.03. The van der Waals surface area contributed by atoms with Gasteiger partial charge in [-0.1, -0.05) is 31.3 Å². The van der Waals surface area contributed by atoms with Gasteiger partial charge in [-0.15, -0.1) is 0 Å². The van der Waals surface area contributed by atoms with E-state index in [1.165, 1.54) is 13.0 Å². The van der Waals surface area contributed by atoms with Gasteiger partial charge >= 0.3 is 5.97 Å². The van der Waals surface area contributed by atoms with Crippen molar-refractivity contribution < 1.29 is 14.3 Å². The van der Waals surface area contributed by atoms with Crippen molar-refractivity contribution in [1.82, 2.24) is 4.90 Å². The Labute approximate surface area is 132 Å². The van der Waals surface area contributed by atoms with E-state index in [9.17, 15) is 9.59 Å². The lowest BCUT2D eigenvalue weighted by Crippen LogP contribution is -2.63. The van der Waals surface area contributed by atoms with Gasteiger partial charge in [0.05, 0.1) is 0 Å². The quantitative estimate of drug-likeness (QED) is 0.553. The summed E-state index contributed by atoms with van der Waals surface area (Å²) in [6.45, 7) is 8.71. The monoisotopic (exact) mass is 303 g/mol. The van der Waals surface area contributed by atoms with E-state index < -0.39 is 5.60 Å². The highest BCUT2D eigenvalue weighted by Crippen LogP contribution is 2.45. The second-order valence-electron chi connectivity index (χ2n) is 6.39. The minimum atomic E-state index is -0.795. The number of fused-ring (bicyclic) bond motifs is 1. The number of amides is 1. The maximum Gasteiger partial charge on any atom is 0.304 e. The van der Waals surface area contributed by atoms with Crippen molar-refractivity contribution in [2.45, 2.75) is 70.6 Å². The third-order valence-electron chi connectivity index (χ3n) is 4.83. The van der Waals surface area contributed by atoms with Gasteiger partial charge in [-0.05, 0) is 25.8 Å².